The molecule has 1 fully saturated rings. The van der Waals surface area contributed by atoms with E-state index in [2.05, 4.69) is 10.0 Å². The van der Waals surface area contributed by atoms with Crippen LogP contribution in [-0.2, 0) is 14.8 Å². The fourth-order valence-electron chi connectivity index (χ4n) is 2.15. The zero-order valence-electron chi connectivity index (χ0n) is 13.3. The van der Waals surface area contributed by atoms with Crippen LogP contribution >= 0.6 is 11.6 Å². The van der Waals surface area contributed by atoms with Gasteiger partial charge in [0.1, 0.15) is 10.6 Å². The normalized spacial score (nSPS) is 19.7. The highest BCUT2D eigenvalue weighted by Gasteiger charge is 2.22. The van der Waals surface area contributed by atoms with Gasteiger partial charge in [-0.2, -0.15) is 0 Å². The average Bonchev–Trinajstić information content (AvgIpc) is 3.04. The van der Waals surface area contributed by atoms with E-state index in [1.54, 1.807) is 19.2 Å². The number of rotatable bonds is 8. The van der Waals surface area contributed by atoms with E-state index in [0.29, 0.717) is 29.9 Å². The zero-order valence-corrected chi connectivity index (χ0v) is 14.9. The number of hydrogen-bond donors (Lipinski definition) is 2. The quantitative estimate of drug-likeness (QED) is 0.735. The summed E-state index contributed by atoms with van der Waals surface area (Å²) in [6.45, 7) is 3.97. The van der Waals surface area contributed by atoms with Gasteiger partial charge in [0.25, 0.3) is 0 Å². The number of halogens is 1. The summed E-state index contributed by atoms with van der Waals surface area (Å²) < 4.78 is 38.6. The molecule has 1 aliphatic heterocycles. The first-order valence-electron chi connectivity index (χ1n) is 7.59. The molecule has 1 aromatic carbocycles. The maximum atomic E-state index is 12.5. The van der Waals surface area contributed by atoms with Gasteiger partial charge in [-0.15, -0.1) is 0 Å². The summed E-state index contributed by atoms with van der Waals surface area (Å²) in [6, 6.07) is 4.64. The third-order valence-corrected chi connectivity index (χ3v) is 5.45. The lowest BCUT2D eigenvalue weighted by Gasteiger charge is -2.16. The summed E-state index contributed by atoms with van der Waals surface area (Å²) in [5.41, 5.74) is 0. The van der Waals surface area contributed by atoms with Gasteiger partial charge in [0.15, 0.2) is 0 Å². The molecule has 8 heteroatoms. The van der Waals surface area contributed by atoms with E-state index >= 15 is 0 Å². The Balaban J connectivity index is 2.13. The number of benzene rings is 1. The molecule has 2 unspecified atom stereocenters. The van der Waals surface area contributed by atoms with Gasteiger partial charge in [0.05, 0.1) is 13.2 Å². The lowest BCUT2D eigenvalue weighted by Crippen LogP contribution is -2.37. The topological polar surface area (TPSA) is 76.7 Å². The maximum absolute atomic E-state index is 12.5. The average molecular weight is 363 g/mol. The van der Waals surface area contributed by atoms with Crippen molar-refractivity contribution in [1.82, 2.24) is 10.0 Å². The van der Waals surface area contributed by atoms with Crippen LogP contribution in [0.2, 0.25) is 5.02 Å². The molecule has 0 amide bonds. The molecule has 0 bridgehead atoms. The van der Waals surface area contributed by atoms with Crippen molar-refractivity contribution in [2.75, 3.05) is 33.4 Å². The van der Waals surface area contributed by atoms with Crippen LogP contribution in [0, 0.1) is 5.92 Å². The highest BCUT2D eigenvalue weighted by molar-refractivity contribution is 7.89. The number of sulfonamides is 1. The Bertz CT molecular complexity index is 618. The summed E-state index contributed by atoms with van der Waals surface area (Å²) >= 11 is 5.96. The Morgan fingerprint density at radius 1 is 1.48 bits per heavy atom. The molecule has 0 spiro atoms. The van der Waals surface area contributed by atoms with Crippen molar-refractivity contribution in [1.29, 1.82) is 0 Å². The molecule has 2 rings (SSSR count). The summed E-state index contributed by atoms with van der Waals surface area (Å²) in [4.78, 5) is 0.0622. The van der Waals surface area contributed by atoms with Gasteiger partial charge in [0, 0.05) is 30.1 Å². The molecule has 1 heterocycles. The minimum atomic E-state index is -3.70. The summed E-state index contributed by atoms with van der Waals surface area (Å²) in [6.07, 6.45) is 0.924. The Kier molecular flexibility index (Phi) is 6.67. The van der Waals surface area contributed by atoms with Gasteiger partial charge in [-0.3, -0.25) is 0 Å². The number of ether oxygens (including phenoxy) is 2. The first-order chi connectivity index (χ1) is 10.9. The van der Waals surface area contributed by atoms with Gasteiger partial charge >= 0.3 is 0 Å². The summed E-state index contributed by atoms with van der Waals surface area (Å²) in [5.74, 6) is 0.601. The molecule has 1 saturated heterocycles. The van der Waals surface area contributed by atoms with Crippen LogP contribution in [-0.4, -0.2) is 47.9 Å². The molecule has 2 N–H and O–H groups in total. The van der Waals surface area contributed by atoms with Crippen LogP contribution in [0.4, 0.5) is 0 Å². The van der Waals surface area contributed by atoms with Crippen LogP contribution < -0.4 is 14.8 Å². The minimum Gasteiger partial charge on any atom is -0.492 e. The lowest BCUT2D eigenvalue weighted by molar-refractivity contribution is 0.166. The molecule has 0 radical (unpaired) electrons. The second-order valence-electron chi connectivity index (χ2n) is 5.67. The van der Waals surface area contributed by atoms with Crippen molar-refractivity contribution in [2.45, 2.75) is 24.3 Å². The molecule has 1 aromatic rings. The van der Waals surface area contributed by atoms with Crippen LogP contribution in [0.1, 0.15) is 13.3 Å². The third kappa shape index (κ3) is 5.32. The maximum Gasteiger partial charge on any atom is 0.244 e. The molecule has 0 aromatic heterocycles. The van der Waals surface area contributed by atoms with Crippen molar-refractivity contribution >= 4 is 21.6 Å². The molecule has 2 atom stereocenters. The molecular formula is C15H23ClN2O4S. The largest absolute Gasteiger partial charge is 0.492 e. The highest BCUT2D eigenvalue weighted by atomic mass is 35.5. The number of hydrogen-bond acceptors (Lipinski definition) is 5. The molecule has 130 valence electrons. The lowest BCUT2D eigenvalue weighted by atomic mass is 10.1. The minimum absolute atomic E-state index is 0.0176. The monoisotopic (exact) mass is 362 g/mol. The van der Waals surface area contributed by atoms with Crippen molar-refractivity contribution in [3.8, 4) is 5.75 Å². The predicted molar refractivity (Wildman–Crippen MR) is 89.6 cm³/mol. The van der Waals surface area contributed by atoms with Gasteiger partial charge in [-0.1, -0.05) is 11.6 Å². The second-order valence-corrected chi connectivity index (χ2v) is 7.85. The van der Waals surface area contributed by atoms with E-state index in [1.165, 1.54) is 6.07 Å². The van der Waals surface area contributed by atoms with Crippen molar-refractivity contribution < 1.29 is 17.9 Å². The van der Waals surface area contributed by atoms with Gasteiger partial charge in [-0.25, -0.2) is 13.1 Å². The molecule has 1 aliphatic rings. The van der Waals surface area contributed by atoms with Gasteiger partial charge in [-0.05, 0) is 38.6 Å². The first kappa shape index (κ1) is 18.5. The second kappa shape index (κ2) is 8.30. The molecule has 23 heavy (non-hydrogen) atoms. The Morgan fingerprint density at radius 3 is 2.91 bits per heavy atom. The van der Waals surface area contributed by atoms with E-state index in [4.69, 9.17) is 21.1 Å². The Morgan fingerprint density at radius 2 is 2.26 bits per heavy atom. The van der Waals surface area contributed by atoms with E-state index in [0.717, 1.165) is 13.0 Å². The molecular weight excluding hydrogens is 340 g/mol. The van der Waals surface area contributed by atoms with Crippen molar-refractivity contribution in [3.05, 3.63) is 23.2 Å². The fourth-order valence-corrected chi connectivity index (χ4v) is 3.68. The highest BCUT2D eigenvalue weighted by Crippen LogP contribution is 2.28. The van der Waals surface area contributed by atoms with Gasteiger partial charge < -0.3 is 14.8 Å². The number of likely N-dealkylation sites (N-methyl/N-ethyl adjacent to an activating group) is 1. The third-order valence-electron chi connectivity index (χ3n) is 3.77. The van der Waals surface area contributed by atoms with Crippen molar-refractivity contribution in [2.24, 2.45) is 5.92 Å². The van der Waals surface area contributed by atoms with E-state index in [1.807, 2.05) is 6.92 Å². The first-order valence-corrected chi connectivity index (χ1v) is 9.45. The van der Waals surface area contributed by atoms with Crippen LogP contribution in [0.3, 0.4) is 0 Å². The SMILES string of the molecule is CNC(C)CNS(=O)(=O)c1cc(Cl)ccc1OCC1CCOC1. The smallest absolute Gasteiger partial charge is 0.244 e. The predicted octanol–water partition coefficient (Wildman–Crippen LogP) is 1.64. The molecule has 0 aliphatic carbocycles. The standard InChI is InChI=1S/C15H23ClN2O4S/c1-11(17-2)8-18-23(19,20)15-7-13(16)3-4-14(15)22-10-12-5-6-21-9-12/h3-4,7,11-12,17-18H,5-6,8-10H2,1-2H3. The van der Waals surface area contributed by atoms with Crippen LogP contribution in [0.15, 0.2) is 23.1 Å². The van der Waals surface area contributed by atoms with E-state index in [9.17, 15) is 8.42 Å². The molecule has 0 saturated carbocycles. The van der Waals surface area contributed by atoms with Gasteiger partial charge in [0.2, 0.25) is 10.0 Å². The van der Waals surface area contributed by atoms with E-state index in [-0.39, 0.29) is 17.5 Å². The summed E-state index contributed by atoms with van der Waals surface area (Å²) in [7, 11) is -1.92. The Hall–Kier alpha value is -0.860. The molecule has 6 nitrogen and oxygen atoms in total. The fraction of sp³-hybridized carbons (Fsp3) is 0.600. The van der Waals surface area contributed by atoms with Crippen molar-refractivity contribution in [3.63, 3.8) is 0 Å². The van der Waals surface area contributed by atoms with Crippen LogP contribution in [0.25, 0.3) is 0 Å². The van der Waals surface area contributed by atoms with E-state index < -0.39 is 10.0 Å². The summed E-state index contributed by atoms with van der Waals surface area (Å²) in [5, 5.41) is 3.33. The van der Waals surface area contributed by atoms with Crippen LogP contribution in [0.5, 0.6) is 5.75 Å². The zero-order chi connectivity index (χ0) is 16.9. The Labute approximate surface area is 142 Å². The number of nitrogens with one attached hydrogen (secondary N) is 2.